The van der Waals surface area contributed by atoms with Crippen LogP contribution in [0.25, 0.3) is 11.3 Å². The topological polar surface area (TPSA) is 93.2 Å². The molecule has 1 aliphatic rings. The van der Waals surface area contributed by atoms with Gasteiger partial charge in [0.2, 0.25) is 0 Å². The Morgan fingerprint density at radius 1 is 1.31 bits per heavy atom. The molecule has 0 aromatic carbocycles. The van der Waals surface area contributed by atoms with Crippen molar-refractivity contribution in [3.8, 4) is 22.9 Å². The van der Waals surface area contributed by atoms with Crippen molar-refractivity contribution >= 4 is 11.6 Å². The van der Waals surface area contributed by atoms with Crippen molar-refractivity contribution in [3.63, 3.8) is 0 Å². The Morgan fingerprint density at radius 3 is 2.83 bits per heavy atom. The maximum absolute atomic E-state index is 12.8. The fourth-order valence-electron chi connectivity index (χ4n) is 3.23. The minimum Gasteiger partial charge on any atom is -0.482 e. The Kier molecular flexibility index (Phi) is 4.83. The first-order chi connectivity index (χ1) is 14.0. The summed E-state index contributed by atoms with van der Waals surface area (Å²) in [5, 5.41) is 6.57. The maximum atomic E-state index is 12.8. The molecule has 0 bridgehead atoms. The number of carbonyl (C=O) groups excluding carboxylic acids is 1. The lowest BCUT2D eigenvalue weighted by molar-refractivity contribution is 0.0801. The van der Waals surface area contributed by atoms with Gasteiger partial charge in [-0.15, -0.1) is 0 Å². The van der Waals surface area contributed by atoms with E-state index in [-0.39, 0.29) is 17.5 Å². The van der Waals surface area contributed by atoms with Crippen LogP contribution in [0.15, 0.2) is 30.7 Å². The van der Waals surface area contributed by atoms with Gasteiger partial charge in [-0.1, -0.05) is 0 Å². The smallest absolute Gasteiger partial charge is 0.272 e. The SMILES string of the molecule is COc1ncc(-c2cc(C)c3c(n2)CN(c2cn[nH]c2)C3=O)cc1OCC(F)F. The van der Waals surface area contributed by atoms with Crippen molar-refractivity contribution in [2.75, 3.05) is 18.6 Å². The van der Waals surface area contributed by atoms with E-state index in [1.807, 2.05) is 6.92 Å². The molecule has 0 saturated carbocycles. The molecule has 1 N–H and O–H groups in total. The van der Waals surface area contributed by atoms with Gasteiger partial charge in [0.25, 0.3) is 18.2 Å². The molecule has 1 aliphatic heterocycles. The molecule has 10 heteroatoms. The molecule has 0 atom stereocenters. The van der Waals surface area contributed by atoms with Crippen molar-refractivity contribution < 1.29 is 23.0 Å². The summed E-state index contributed by atoms with van der Waals surface area (Å²) in [6.07, 6.45) is 2.11. The number of fused-ring (bicyclic) bond motifs is 1. The fraction of sp³-hybridized carbons (Fsp3) is 0.263. The molecule has 0 fully saturated rings. The number of hydrogen-bond acceptors (Lipinski definition) is 6. The minimum absolute atomic E-state index is 0.0985. The molecule has 0 spiro atoms. The summed E-state index contributed by atoms with van der Waals surface area (Å²) >= 11 is 0. The van der Waals surface area contributed by atoms with Crippen LogP contribution < -0.4 is 14.4 Å². The predicted octanol–water partition coefficient (Wildman–Crippen LogP) is 2.99. The van der Waals surface area contributed by atoms with Crippen LogP contribution in [-0.4, -0.2) is 46.2 Å². The average Bonchev–Trinajstić information content (AvgIpc) is 3.34. The number of rotatable bonds is 6. The van der Waals surface area contributed by atoms with E-state index in [1.165, 1.54) is 13.3 Å². The zero-order valence-corrected chi connectivity index (χ0v) is 15.6. The zero-order valence-electron chi connectivity index (χ0n) is 15.6. The third-order valence-corrected chi connectivity index (χ3v) is 4.53. The van der Waals surface area contributed by atoms with Gasteiger partial charge < -0.3 is 9.47 Å². The van der Waals surface area contributed by atoms with E-state index in [0.717, 1.165) is 5.56 Å². The first-order valence-corrected chi connectivity index (χ1v) is 8.74. The molecule has 0 saturated heterocycles. The van der Waals surface area contributed by atoms with E-state index in [9.17, 15) is 13.6 Å². The lowest BCUT2D eigenvalue weighted by Crippen LogP contribution is -2.22. The summed E-state index contributed by atoms with van der Waals surface area (Å²) in [5.41, 5.74) is 3.70. The van der Waals surface area contributed by atoms with Gasteiger partial charge in [0.05, 0.1) is 42.5 Å². The molecule has 0 unspecified atom stereocenters. The number of carbonyl (C=O) groups is 1. The van der Waals surface area contributed by atoms with Crippen LogP contribution in [-0.2, 0) is 6.54 Å². The third kappa shape index (κ3) is 3.48. The van der Waals surface area contributed by atoms with Crippen molar-refractivity contribution in [1.29, 1.82) is 0 Å². The molecular formula is C19H17F2N5O3. The lowest BCUT2D eigenvalue weighted by atomic mass is 10.0. The Labute approximate surface area is 164 Å². The molecule has 150 valence electrons. The van der Waals surface area contributed by atoms with E-state index in [1.54, 1.807) is 29.4 Å². The maximum Gasteiger partial charge on any atom is 0.272 e. The molecule has 0 radical (unpaired) electrons. The second-order valence-electron chi connectivity index (χ2n) is 6.43. The number of hydrogen-bond donors (Lipinski definition) is 1. The van der Waals surface area contributed by atoms with E-state index in [0.29, 0.717) is 34.7 Å². The van der Waals surface area contributed by atoms with Crippen LogP contribution in [0, 0.1) is 6.92 Å². The largest absolute Gasteiger partial charge is 0.482 e. The molecule has 0 aliphatic carbocycles. The van der Waals surface area contributed by atoms with E-state index < -0.39 is 13.0 Å². The number of alkyl halides is 2. The quantitative estimate of drug-likeness (QED) is 0.683. The number of aromatic amines is 1. The van der Waals surface area contributed by atoms with Gasteiger partial charge in [-0.2, -0.15) is 5.10 Å². The number of nitrogens with one attached hydrogen (secondary N) is 1. The number of anilines is 1. The highest BCUT2D eigenvalue weighted by Crippen LogP contribution is 2.34. The molecule has 3 aromatic rings. The normalized spacial score (nSPS) is 13.1. The number of methoxy groups -OCH3 is 1. The lowest BCUT2D eigenvalue weighted by Gasteiger charge is -2.12. The number of aromatic nitrogens is 4. The van der Waals surface area contributed by atoms with Crippen molar-refractivity contribution in [1.82, 2.24) is 20.2 Å². The molecular weight excluding hydrogens is 384 g/mol. The standard InChI is InChI=1S/C19H17F2N5O3/c1-10-3-13(11-4-15(29-9-16(20)21)18(28-2)22-5-11)25-14-8-26(19(27)17(10)14)12-6-23-24-7-12/h3-7,16H,8-9H2,1-2H3,(H,23,24). The van der Waals surface area contributed by atoms with Crippen LogP contribution in [0.3, 0.4) is 0 Å². The zero-order chi connectivity index (χ0) is 20.5. The van der Waals surface area contributed by atoms with Crippen LogP contribution in [0.2, 0.25) is 0 Å². The van der Waals surface area contributed by atoms with E-state index in [2.05, 4.69) is 20.2 Å². The van der Waals surface area contributed by atoms with E-state index >= 15 is 0 Å². The highest BCUT2D eigenvalue weighted by atomic mass is 19.3. The van der Waals surface area contributed by atoms with Gasteiger partial charge in [0.15, 0.2) is 5.75 Å². The number of halogens is 2. The van der Waals surface area contributed by atoms with Gasteiger partial charge >= 0.3 is 0 Å². The van der Waals surface area contributed by atoms with Gasteiger partial charge in [-0.25, -0.2) is 13.8 Å². The average molecular weight is 401 g/mol. The molecule has 4 rings (SSSR count). The summed E-state index contributed by atoms with van der Waals surface area (Å²) in [7, 11) is 1.38. The van der Waals surface area contributed by atoms with Crippen molar-refractivity contribution in [2.45, 2.75) is 19.9 Å². The van der Waals surface area contributed by atoms with Gasteiger partial charge in [-0.3, -0.25) is 19.8 Å². The fourth-order valence-corrected chi connectivity index (χ4v) is 3.23. The molecule has 8 nitrogen and oxygen atoms in total. The Balaban J connectivity index is 1.70. The number of H-pyrrole nitrogens is 1. The number of pyridine rings is 2. The Hall–Kier alpha value is -3.56. The summed E-state index contributed by atoms with van der Waals surface area (Å²) in [4.78, 5) is 23.1. The molecule has 29 heavy (non-hydrogen) atoms. The van der Waals surface area contributed by atoms with E-state index in [4.69, 9.17) is 9.47 Å². The highest BCUT2D eigenvalue weighted by molar-refractivity contribution is 6.10. The predicted molar refractivity (Wildman–Crippen MR) is 99.4 cm³/mol. The van der Waals surface area contributed by atoms with Gasteiger partial charge in [-0.05, 0) is 24.6 Å². The van der Waals surface area contributed by atoms with Gasteiger partial charge in [0, 0.05) is 18.0 Å². The first kappa shape index (κ1) is 18.8. The van der Waals surface area contributed by atoms with Crippen LogP contribution in [0.5, 0.6) is 11.6 Å². The number of nitrogens with zero attached hydrogens (tertiary/aromatic N) is 4. The minimum atomic E-state index is -2.62. The summed E-state index contributed by atoms with van der Waals surface area (Å²) < 4.78 is 35.3. The number of amides is 1. The Bertz CT molecular complexity index is 1060. The number of ether oxygens (including phenoxy) is 2. The summed E-state index contributed by atoms with van der Waals surface area (Å²) in [5.74, 6) is 0.0571. The van der Waals surface area contributed by atoms with Crippen LogP contribution >= 0.6 is 0 Å². The first-order valence-electron chi connectivity index (χ1n) is 8.74. The monoisotopic (exact) mass is 401 g/mol. The summed E-state index contributed by atoms with van der Waals surface area (Å²) in [6.45, 7) is 1.36. The van der Waals surface area contributed by atoms with Crippen LogP contribution in [0.1, 0.15) is 21.6 Å². The van der Waals surface area contributed by atoms with Crippen molar-refractivity contribution in [2.24, 2.45) is 0 Å². The summed E-state index contributed by atoms with van der Waals surface area (Å²) in [6, 6.07) is 3.31. The number of aryl methyl sites for hydroxylation is 1. The molecule has 3 aromatic heterocycles. The second-order valence-corrected chi connectivity index (χ2v) is 6.43. The molecule has 4 heterocycles. The van der Waals surface area contributed by atoms with Gasteiger partial charge in [0.1, 0.15) is 6.61 Å². The van der Waals surface area contributed by atoms with Crippen LogP contribution in [0.4, 0.5) is 14.5 Å². The molecule has 1 amide bonds. The highest BCUT2D eigenvalue weighted by Gasteiger charge is 2.32. The second kappa shape index (κ2) is 7.46. The third-order valence-electron chi connectivity index (χ3n) is 4.53. The Morgan fingerprint density at radius 2 is 2.14 bits per heavy atom. The van der Waals surface area contributed by atoms with Crippen molar-refractivity contribution in [3.05, 3.63) is 47.5 Å².